The molecule has 1 saturated heterocycles. The van der Waals surface area contributed by atoms with Crippen molar-refractivity contribution in [1.29, 1.82) is 0 Å². The summed E-state index contributed by atoms with van der Waals surface area (Å²) in [6.45, 7) is 5.36. The van der Waals surface area contributed by atoms with Gasteiger partial charge in [-0.05, 0) is 47.0 Å². The van der Waals surface area contributed by atoms with Crippen LogP contribution in [-0.2, 0) is 0 Å². The lowest BCUT2D eigenvalue weighted by Crippen LogP contribution is -2.50. The fourth-order valence-corrected chi connectivity index (χ4v) is 4.00. The second-order valence-electron chi connectivity index (χ2n) is 7.14. The number of ether oxygens (including phenoxy) is 1. The van der Waals surface area contributed by atoms with E-state index < -0.39 is 0 Å². The number of nitrogens with one attached hydrogen (secondary N) is 1. The maximum absolute atomic E-state index is 5.49. The van der Waals surface area contributed by atoms with Gasteiger partial charge in [0.05, 0.1) is 13.2 Å². The highest BCUT2D eigenvalue weighted by atomic mass is 16.5. The molecule has 134 valence electrons. The van der Waals surface area contributed by atoms with Gasteiger partial charge in [0, 0.05) is 25.7 Å². The smallest absolute Gasteiger partial charge is 0.119 e. The summed E-state index contributed by atoms with van der Waals surface area (Å²) in [5, 5.41) is 6.13. The number of rotatable bonds is 4. The summed E-state index contributed by atoms with van der Waals surface area (Å²) >= 11 is 0. The molecule has 1 N–H and O–H groups in total. The number of hydrogen-bond acceptors (Lipinski definition) is 3. The normalized spacial score (nSPS) is 19.4. The Kier molecular flexibility index (Phi) is 4.91. The Morgan fingerprint density at radius 2 is 1.77 bits per heavy atom. The van der Waals surface area contributed by atoms with E-state index in [2.05, 4.69) is 77.8 Å². The van der Waals surface area contributed by atoms with Crippen LogP contribution in [0.5, 0.6) is 5.75 Å². The quantitative estimate of drug-likeness (QED) is 0.765. The third kappa shape index (κ3) is 3.46. The van der Waals surface area contributed by atoms with Gasteiger partial charge >= 0.3 is 0 Å². The van der Waals surface area contributed by atoms with Crippen LogP contribution in [-0.4, -0.2) is 37.7 Å². The maximum atomic E-state index is 5.49. The SMILES string of the molecule is COc1cccc(C(c2ccc3ccccc3c2)N2CCNC(C)C2)c1. The molecule has 2 unspecified atom stereocenters. The maximum Gasteiger partial charge on any atom is 0.119 e. The molecule has 0 aromatic heterocycles. The van der Waals surface area contributed by atoms with Crippen LogP contribution in [0.25, 0.3) is 10.8 Å². The van der Waals surface area contributed by atoms with E-state index in [9.17, 15) is 0 Å². The summed E-state index contributed by atoms with van der Waals surface area (Å²) in [5.74, 6) is 0.913. The lowest BCUT2D eigenvalue weighted by atomic mass is 9.93. The van der Waals surface area contributed by atoms with Gasteiger partial charge in [0.15, 0.2) is 0 Å². The molecule has 2 atom stereocenters. The van der Waals surface area contributed by atoms with Gasteiger partial charge in [0.25, 0.3) is 0 Å². The van der Waals surface area contributed by atoms with Crippen molar-refractivity contribution in [2.45, 2.75) is 19.0 Å². The van der Waals surface area contributed by atoms with E-state index in [1.807, 2.05) is 6.07 Å². The van der Waals surface area contributed by atoms with Crippen LogP contribution in [0, 0.1) is 0 Å². The van der Waals surface area contributed by atoms with Gasteiger partial charge in [-0.3, -0.25) is 4.90 Å². The van der Waals surface area contributed by atoms with Gasteiger partial charge < -0.3 is 10.1 Å². The molecule has 1 aliphatic heterocycles. The molecule has 0 saturated carbocycles. The Morgan fingerprint density at radius 1 is 0.962 bits per heavy atom. The number of piperazine rings is 1. The molecule has 4 rings (SSSR count). The van der Waals surface area contributed by atoms with E-state index in [0.717, 1.165) is 25.4 Å². The molecule has 1 fully saturated rings. The Hall–Kier alpha value is -2.36. The molecular weight excluding hydrogens is 320 g/mol. The average Bonchev–Trinajstić information content (AvgIpc) is 2.68. The Bertz CT molecular complexity index is 892. The molecule has 0 amide bonds. The van der Waals surface area contributed by atoms with Gasteiger partial charge in [-0.1, -0.05) is 48.5 Å². The summed E-state index contributed by atoms with van der Waals surface area (Å²) in [5.41, 5.74) is 2.62. The number of hydrogen-bond donors (Lipinski definition) is 1. The van der Waals surface area contributed by atoms with Crippen molar-refractivity contribution in [2.75, 3.05) is 26.7 Å². The number of methoxy groups -OCH3 is 1. The van der Waals surface area contributed by atoms with Gasteiger partial charge in [-0.2, -0.15) is 0 Å². The van der Waals surface area contributed by atoms with E-state index in [4.69, 9.17) is 4.74 Å². The van der Waals surface area contributed by atoms with Crippen LogP contribution >= 0.6 is 0 Å². The van der Waals surface area contributed by atoms with E-state index >= 15 is 0 Å². The summed E-state index contributed by atoms with van der Waals surface area (Å²) in [6, 6.07) is 24.7. The van der Waals surface area contributed by atoms with Crippen LogP contribution in [0.4, 0.5) is 0 Å². The van der Waals surface area contributed by atoms with Crippen LogP contribution in [0.3, 0.4) is 0 Å². The summed E-state index contributed by atoms with van der Waals surface area (Å²) in [6.07, 6.45) is 0. The topological polar surface area (TPSA) is 24.5 Å². The van der Waals surface area contributed by atoms with Crippen molar-refractivity contribution in [3.05, 3.63) is 77.9 Å². The second kappa shape index (κ2) is 7.48. The minimum absolute atomic E-state index is 0.235. The van der Waals surface area contributed by atoms with Crippen molar-refractivity contribution in [3.63, 3.8) is 0 Å². The van der Waals surface area contributed by atoms with Crippen molar-refractivity contribution >= 4 is 10.8 Å². The standard InChI is InChI=1S/C23H26N2O/c1-17-16-25(13-12-24-17)23(20-8-5-9-22(15-20)26-2)21-11-10-18-6-3-4-7-19(18)14-21/h3-11,14-15,17,23-24H,12-13,16H2,1-2H3. The molecule has 26 heavy (non-hydrogen) atoms. The monoisotopic (exact) mass is 346 g/mol. The Labute approximate surface area is 155 Å². The predicted molar refractivity (Wildman–Crippen MR) is 108 cm³/mol. The molecule has 3 aromatic rings. The zero-order valence-corrected chi connectivity index (χ0v) is 15.5. The van der Waals surface area contributed by atoms with Crippen LogP contribution in [0.15, 0.2) is 66.7 Å². The molecule has 3 aromatic carbocycles. The molecule has 1 heterocycles. The Balaban J connectivity index is 1.80. The highest BCUT2D eigenvalue weighted by molar-refractivity contribution is 5.83. The number of benzene rings is 3. The van der Waals surface area contributed by atoms with Crippen molar-refractivity contribution < 1.29 is 4.74 Å². The zero-order valence-electron chi connectivity index (χ0n) is 15.5. The van der Waals surface area contributed by atoms with Gasteiger partial charge in [0.2, 0.25) is 0 Å². The first kappa shape index (κ1) is 17.1. The van der Waals surface area contributed by atoms with E-state index in [1.54, 1.807) is 7.11 Å². The molecule has 1 aliphatic rings. The van der Waals surface area contributed by atoms with Crippen molar-refractivity contribution in [3.8, 4) is 5.75 Å². The first-order valence-corrected chi connectivity index (χ1v) is 9.34. The van der Waals surface area contributed by atoms with Crippen molar-refractivity contribution in [1.82, 2.24) is 10.2 Å². The minimum Gasteiger partial charge on any atom is -0.497 e. The molecule has 0 radical (unpaired) electrons. The zero-order chi connectivity index (χ0) is 17.9. The number of nitrogens with zero attached hydrogens (tertiary/aromatic N) is 1. The molecule has 3 heteroatoms. The van der Waals surface area contributed by atoms with Gasteiger partial charge in [0.1, 0.15) is 5.75 Å². The third-order valence-electron chi connectivity index (χ3n) is 5.26. The molecule has 0 aliphatic carbocycles. The molecular formula is C23H26N2O. The third-order valence-corrected chi connectivity index (χ3v) is 5.26. The van der Waals surface area contributed by atoms with Gasteiger partial charge in [-0.25, -0.2) is 0 Å². The summed E-state index contributed by atoms with van der Waals surface area (Å²) in [4.78, 5) is 2.58. The van der Waals surface area contributed by atoms with Crippen LogP contribution < -0.4 is 10.1 Å². The number of fused-ring (bicyclic) bond motifs is 1. The highest BCUT2D eigenvalue weighted by Gasteiger charge is 2.26. The van der Waals surface area contributed by atoms with Gasteiger partial charge in [-0.15, -0.1) is 0 Å². The molecule has 3 nitrogen and oxygen atoms in total. The van der Waals surface area contributed by atoms with Crippen LogP contribution in [0.2, 0.25) is 0 Å². The fourth-order valence-electron chi connectivity index (χ4n) is 4.00. The van der Waals surface area contributed by atoms with E-state index in [1.165, 1.54) is 21.9 Å². The van der Waals surface area contributed by atoms with E-state index in [-0.39, 0.29) is 6.04 Å². The lowest BCUT2D eigenvalue weighted by Gasteiger charge is -2.38. The lowest BCUT2D eigenvalue weighted by molar-refractivity contribution is 0.170. The fraction of sp³-hybridized carbons (Fsp3) is 0.304. The Morgan fingerprint density at radius 3 is 2.58 bits per heavy atom. The van der Waals surface area contributed by atoms with Crippen LogP contribution in [0.1, 0.15) is 24.1 Å². The second-order valence-corrected chi connectivity index (χ2v) is 7.14. The molecule has 0 spiro atoms. The van der Waals surface area contributed by atoms with Crippen molar-refractivity contribution in [2.24, 2.45) is 0 Å². The summed E-state index contributed by atoms with van der Waals surface area (Å²) < 4.78 is 5.49. The van der Waals surface area contributed by atoms with E-state index in [0.29, 0.717) is 6.04 Å². The summed E-state index contributed by atoms with van der Waals surface area (Å²) in [7, 11) is 1.73. The first-order chi connectivity index (χ1) is 12.7. The largest absolute Gasteiger partial charge is 0.497 e. The average molecular weight is 346 g/mol. The minimum atomic E-state index is 0.235. The highest BCUT2D eigenvalue weighted by Crippen LogP contribution is 2.33. The first-order valence-electron chi connectivity index (χ1n) is 9.34. The molecule has 0 bridgehead atoms. The predicted octanol–water partition coefficient (Wildman–Crippen LogP) is 4.23.